The molecule has 0 atom stereocenters. The van der Waals surface area contributed by atoms with E-state index in [9.17, 15) is 18.0 Å². The number of rotatable bonds is 4. The molecule has 2 amide bonds. The normalized spacial score (nSPS) is 20.5. The van der Waals surface area contributed by atoms with E-state index >= 15 is 0 Å². The van der Waals surface area contributed by atoms with E-state index in [4.69, 9.17) is 0 Å². The van der Waals surface area contributed by atoms with Gasteiger partial charge in [0.15, 0.2) is 0 Å². The summed E-state index contributed by atoms with van der Waals surface area (Å²) in [6.45, 7) is 2.32. The van der Waals surface area contributed by atoms with Gasteiger partial charge in [0, 0.05) is 38.1 Å². The third kappa shape index (κ3) is 3.56. The summed E-state index contributed by atoms with van der Waals surface area (Å²) in [5.74, 6) is -1.15. The molecule has 2 aliphatic rings. The Hall–Kier alpha value is -2.96. The van der Waals surface area contributed by atoms with E-state index in [1.165, 1.54) is 18.2 Å². The molecule has 0 unspecified atom stereocenters. The van der Waals surface area contributed by atoms with E-state index in [-0.39, 0.29) is 23.3 Å². The third-order valence-electron chi connectivity index (χ3n) is 6.63. The van der Waals surface area contributed by atoms with Crippen LogP contribution in [-0.2, 0) is 0 Å². The molecule has 2 fully saturated rings. The molecule has 1 aliphatic heterocycles. The number of hydrogen-bond acceptors (Lipinski definition) is 1. The van der Waals surface area contributed by atoms with Crippen LogP contribution in [0.3, 0.4) is 0 Å². The average Bonchev–Trinajstić information content (AvgIpc) is 3.02. The highest BCUT2D eigenvalue weighted by atomic mass is 19.1. The number of halogens is 3. The second-order valence-electron chi connectivity index (χ2n) is 8.77. The molecule has 3 aromatic rings. The number of amides is 2. The predicted molar refractivity (Wildman–Crippen MR) is 113 cm³/mol. The molecular weight excluding hydrogens is 403 g/mol. The lowest BCUT2D eigenvalue weighted by atomic mass is 9.70. The van der Waals surface area contributed by atoms with Crippen molar-refractivity contribution in [2.75, 3.05) is 26.7 Å². The van der Waals surface area contributed by atoms with Crippen molar-refractivity contribution in [1.29, 1.82) is 0 Å². The highest BCUT2D eigenvalue weighted by Gasteiger charge is 2.36. The van der Waals surface area contributed by atoms with Crippen LogP contribution in [-0.4, -0.2) is 47.5 Å². The fourth-order valence-corrected chi connectivity index (χ4v) is 4.84. The second kappa shape index (κ2) is 7.62. The number of carbonyl (C=O) groups is 1. The molecule has 31 heavy (non-hydrogen) atoms. The lowest BCUT2D eigenvalue weighted by Crippen LogP contribution is -2.50. The summed E-state index contributed by atoms with van der Waals surface area (Å²) in [5, 5.41) is 0.533. The number of carbonyl (C=O) groups excluding carboxylic acids is 1. The summed E-state index contributed by atoms with van der Waals surface area (Å²) in [6.07, 6.45) is 2.72. The zero-order chi connectivity index (χ0) is 21.7. The fourth-order valence-electron chi connectivity index (χ4n) is 4.84. The lowest BCUT2D eigenvalue weighted by Gasteiger charge is -2.40. The molecule has 0 radical (unpaired) electrons. The number of H-pyrrole nitrogens is 1. The van der Waals surface area contributed by atoms with Crippen LogP contribution in [0, 0.1) is 23.4 Å². The van der Waals surface area contributed by atoms with Gasteiger partial charge in [0.25, 0.3) is 0 Å². The van der Waals surface area contributed by atoms with Crippen LogP contribution in [0.1, 0.15) is 30.7 Å². The SMILES string of the molecule is CN(CC1CC(c2c(-c3ccc(F)cc3)[nH]c3c(F)cc(F)cc23)C1)C(=O)N1CCC1. The maximum atomic E-state index is 14.5. The Balaban J connectivity index is 1.42. The Morgan fingerprint density at radius 3 is 2.45 bits per heavy atom. The highest BCUT2D eigenvalue weighted by Crippen LogP contribution is 2.48. The van der Waals surface area contributed by atoms with Crippen LogP contribution in [0.2, 0.25) is 0 Å². The van der Waals surface area contributed by atoms with Crippen LogP contribution in [0.15, 0.2) is 36.4 Å². The van der Waals surface area contributed by atoms with Gasteiger partial charge in [0.2, 0.25) is 0 Å². The Morgan fingerprint density at radius 2 is 1.81 bits per heavy atom. The minimum Gasteiger partial charge on any atom is -0.352 e. The number of fused-ring (bicyclic) bond motifs is 1. The zero-order valence-corrected chi connectivity index (χ0v) is 17.3. The molecule has 5 rings (SSSR count). The molecule has 0 spiro atoms. The quantitative estimate of drug-likeness (QED) is 0.587. The molecule has 162 valence electrons. The molecular formula is C24H24F3N3O. The van der Waals surface area contributed by atoms with Crippen LogP contribution >= 0.6 is 0 Å². The summed E-state index contributed by atoms with van der Waals surface area (Å²) < 4.78 is 41.9. The van der Waals surface area contributed by atoms with Crippen molar-refractivity contribution < 1.29 is 18.0 Å². The summed E-state index contributed by atoms with van der Waals surface area (Å²) in [6, 6.07) is 8.32. The van der Waals surface area contributed by atoms with Crippen molar-refractivity contribution >= 4 is 16.9 Å². The van der Waals surface area contributed by atoms with E-state index in [2.05, 4.69) is 4.98 Å². The summed E-state index contributed by atoms with van der Waals surface area (Å²) in [4.78, 5) is 19.1. The number of likely N-dealkylation sites (tertiary alicyclic amines) is 1. The number of urea groups is 1. The van der Waals surface area contributed by atoms with Gasteiger partial charge in [0.05, 0.1) is 11.2 Å². The van der Waals surface area contributed by atoms with Gasteiger partial charge in [-0.05, 0) is 72.6 Å². The lowest BCUT2D eigenvalue weighted by molar-refractivity contribution is 0.117. The van der Waals surface area contributed by atoms with E-state index in [1.807, 2.05) is 11.9 Å². The standard InChI is InChI=1S/C24H24F3N3O/c1-29(24(31)30-7-2-8-30)13-14-9-16(10-14)21-19-11-18(26)12-20(27)23(19)28-22(21)15-3-5-17(25)6-4-15/h3-6,11-12,14,16,28H,2,7-10,13H2,1H3. The maximum absolute atomic E-state index is 14.5. The van der Waals surface area contributed by atoms with Crippen LogP contribution in [0.5, 0.6) is 0 Å². The van der Waals surface area contributed by atoms with Gasteiger partial charge in [-0.3, -0.25) is 0 Å². The third-order valence-corrected chi connectivity index (χ3v) is 6.63. The van der Waals surface area contributed by atoms with Gasteiger partial charge in [-0.15, -0.1) is 0 Å². The van der Waals surface area contributed by atoms with Crippen LogP contribution < -0.4 is 0 Å². The van der Waals surface area contributed by atoms with E-state index in [0.717, 1.165) is 49.5 Å². The second-order valence-corrected chi connectivity index (χ2v) is 8.77. The molecule has 4 nitrogen and oxygen atoms in total. The monoisotopic (exact) mass is 427 g/mol. The smallest absolute Gasteiger partial charge is 0.319 e. The van der Waals surface area contributed by atoms with E-state index < -0.39 is 11.6 Å². The number of aromatic amines is 1. The van der Waals surface area contributed by atoms with Crippen molar-refractivity contribution in [3.63, 3.8) is 0 Å². The van der Waals surface area contributed by atoms with Gasteiger partial charge in [-0.25, -0.2) is 18.0 Å². The van der Waals surface area contributed by atoms with Gasteiger partial charge in [0.1, 0.15) is 17.5 Å². The molecule has 2 aromatic carbocycles. The first-order valence-electron chi connectivity index (χ1n) is 10.7. The molecule has 2 heterocycles. The minimum atomic E-state index is -0.639. The van der Waals surface area contributed by atoms with Crippen molar-refractivity contribution in [3.8, 4) is 11.3 Å². The summed E-state index contributed by atoms with van der Waals surface area (Å²) in [7, 11) is 1.83. The van der Waals surface area contributed by atoms with Crippen molar-refractivity contribution in [3.05, 3.63) is 59.4 Å². The largest absolute Gasteiger partial charge is 0.352 e. The van der Waals surface area contributed by atoms with Crippen molar-refractivity contribution in [2.24, 2.45) is 5.92 Å². The first-order chi connectivity index (χ1) is 14.9. The van der Waals surface area contributed by atoms with Crippen LogP contribution in [0.25, 0.3) is 22.2 Å². The summed E-state index contributed by atoms with van der Waals surface area (Å²) >= 11 is 0. The fraction of sp³-hybridized carbons (Fsp3) is 0.375. The van der Waals surface area contributed by atoms with E-state index in [1.54, 1.807) is 17.0 Å². The molecule has 1 saturated heterocycles. The highest BCUT2D eigenvalue weighted by molar-refractivity contribution is 5.92. The van der Waals surface area contributed by atoms with E-state index in [0.29, 0.717) is 23.5 Å². The van der Waals surface area contributed by atoms with Gasteiger partial charge in [-0.2, -0.15) is 0 Å². The Kier molecular flexibility index (Phi) is 4.91. The predicted octanol–water partition coefficient (Wildman–Crippen LogP) is 5.50. The number of aromatic nitrogens is 1. The Labute approximate surface area is 178 Å². The van der Waals surface area contributed by atoms with Gasteiger partial charge in [-0.1, -0.05) is 0 Å². The number of nitrogens with one attached hydrogen (secondary N) is 1. The zero-order valence-electron chi connectivity index (χ0n) is 17.3. The average molecular weight is 427 g/mol. The molecule has 1 aromatic heterocycles. The molecule has 1 aliphatic carbocycles. The topological polar surface area (TPSA) is 39.3 Å². The maximum Gasteiger partial charge on any atom is 0.319 e. The minimum absolute atomic E-state index is 0.0675. The molecule has 7 heteroatoms. The molecule has 1 saturated carbocycles. The number of nitrogens with zero attached hydrogens (tertiary/aromatic N) is 2. The molecule has 1 N–H and O–H groups in total. The first kappa shape index (κ1) is 20.0. The number of hydrogen-bond donors (Lipinski definition) is 1. The van der Waals surface area contributed by atoms with Crippen molar-refractivity contribution in [1.82, 2.24) is 14.8 Å². The summed E-state index contributed by atoms with van der Waals surface area (Å²) in [5.41, 5.74) is 2.58. The molecule has 0 bridgehead atoms. The number of benzene rings is 2. The van der Waals surface area contributed by atoms with Gasteiger partial charge >= 0.3 is 6.03 Å². The Morgan fingerprint density at radius 1 is 1.10 bits per heavy atom. The Bertz CT molecular complexity index is 1130. The van der Waals surface area contributed by atoms with Gasteiger partial charge < -0.3 is 14.8 Å². The van der Waals surface area contributed by atoms with Crippen molar-refractivity contribution in [2.45, 2.75) is 25.2 Å². The van der Waals surface area contributed by atoms with Crippen LogP contribution in [0.4, 0.5) is 18.0 Å². The first-order valence-corrected chi connectivity index (χ1v) is 10.7.